The molecule has 4 heterocycles. The third-order valence-corrected chi connectivity index (χ3v) is 13.9. The van der Waals surface area contributed by atoms with Gasteiger partial charge in [-0.2, -0.15) is 0 Å². The van der Waals surface area contributed by atoms with E-state index in [0.717, 1.165) is 105 Å². The zero-order valence-corrected chi connectivity index (χ0v) is 38.2. The molecule has 10 aromatic carbocycles. The fourth-order valence-electron chi connectivity index (χ4n) is 10.7. The molecule has 0 aliphatic rings. The van der Waals surface area contributed by atoms with Gasteiger partial charge >= 0.3 is 0 Å². The van der Waals surface area contributed by atoms with Crippen LogP contribution < -0.4 is 5.56 Å². The number of aromatic nitrogens is 6. The Morgan fingerprint density at radius 1 is 0.296 bits per heavy atom. The van der Waals surface area contributed by atoms with Crippen LogP contribution in [0.2, 0.25) is 0 Å². The van der Waals surface area contributed by atoms with Gasteiger partial charge in [0.2, 0.25) is 0 Å². The Labute approximate surface area is 407 Å². The van der Waals surface area contributed by atoms with E-state index in [9.17, 15) is 0 Å². The van der Waals surface area contributed by atoms with E-state index >= 15 is 4.79 Å². The van der Waals surface area contributed by atoms with Gasteiger partial charge in [-0.05, 0) is 89.3 Å². The first-order chi connectivity index (χ1) is 35.2. The molecule has 332 valence electrons. The number of nitrogens with zero attached hydrogens (tertiary/aromatic N) is 6. The maximum absolute atomic E-state index is 15.2. The molecule has 0 aliphatic heterocycles. The summed E-state index contributed by atoms with van der Waals surface area (Å²) in [6, 6.07) is 83.6. The Hall–Kier alpha value is -9.72. The van der Waals surface area contributed by atoms with Crippen LogP contribution in [0.4, 0.5) is 0 Å². The molecule has 71 heavy (non-hydrogen) atoms. The molecular weight excluding hydrogens is 869 g/mol. The Balaban J connectivity index is 0.957. The van der Waals surface area contributed by atoms with E-state index in [4.69, 9.17) is 15.0 Å². The van der Waals surface area contributed by atoms with Gasteiger partial charge < -0.3 is 9.13 Å². The lowest BCUT2D eigenvalue weighted by Gasteiger charge is -2.15. The molecule has 0 unspecified atom stereocenters. The zero-order valence-electron chi connectivity index (χ0n) is 38.2. The highest BCUT2D eigenvalue weighted by Gasteiger charge is 2.23. The fourth-order valence-corrected chi connectivity index (χ4v) is 10.7. The van der Waals surface area contributed by atoms with Crippen LogP contribution in [0, 0.1) is 0 Å². The van der Waals surface area contributed by atoms with Crippen molar-refractivity contribution in [2.45, 2.75) is 0 Å². The van der Waals surface area contributed by atoms with Crippen LogP contribution in [0.25, 0.3) is 128 Å². The molecule has 0 bridgehead atoms. The predicted octanol–water partition coefficient (Wildman–Crippen LogP) is 15.2. The van der Waals surface area contributed by atoms with E-state index in [-0.39, 0.29) is 5.56 Å². The van der Waals surface area contributed by atoms with Crippen molar-refractivity contribution in [1.82, 2.24) is 28.7 Å². The molecule has 7 nitrogen and oxygen atoms in total. The molecule has 0 fully saturated rings. The van der Waals surface area contributed by atoms with E-state index in [1.54, 1.807) is 0 Å². The highest BCUT2D eigenvalue weighted by molar-refractivity contribution is 6.19. The van der Waals surface area contributed by atoms with Crippen molar-refractivity contribution in [2.24, 2.45) is 0 Å². The van der Waals surface area contributed by atoms with Gasteiger partial charge in [0.05, 0.1) is 38.7 Å². The van der Waals surface area contributed by atoms with Gasteiger partial charge in [-0.15, -0.1) is 0 Å². The highest BCUT2D eigenvalue weighted by atomic mass is 16.1. The minimum atomic E-state index is -0.0535. The standard InChI is InChI=1S/C64H40N6O/c71-64-59-53-40-44(34-37-58(53)68(45-23-9-3-10-24-45)60(59)51-30-16-18-32-55(51)69(64)46-25-11-4-12-26-46)43-33-36-57-52(39-43)49-29-15-17-31-54(49)70(57)56-38-35-50(47-27-13-14-28-48(47)56)63-66-61(41-19-5-1-6-20-41)65-62(67-63)42-21-7-2-8-22-42/h1-40H. The van der Waals surface area contributed by atoms with Gasteiger partial charge in [-0.1, -0.05) is 170 Å². The summed E-state index contributed by atoms with van der Waals surface area (Å²) in [4.78, 5) is 30.4. The van der Waals surface area contributed by atoms with Gasteiger partial charge in [0.1, 0.15) is 0 Å². The van der Waals surface area contributed by atoms with E-state index in [1.807, 2.05) is 114 Å². The average Bonchev–Trinajstić information content (AvgIpc) is 3.97. The van der Waals surface area contributed by atoms with E-state index in [2.05, 4.69) is 143 Å². The first kappa shape index (κ1) is 40.4. The predicted molar refractivity (Wildman–Crippen MR) is 291 cm³/mol. The minimum absolute atomic E-state index is 0.0535. The maximum atomic E-state index is 15.2. The Morgan fingerprint density at radius 3 is 1.37 bits per heavy atom. The van der Waals surface area contributed by atoms with Crippen molar-refractivity contribution in [2.75, 3.05) is 0 Å². The largest absolute Gasteiger partial charge is 0.309 e. The van der Waals surface area contributed by atoms with Crippen LogP contribution in [0.5, 0.6) is 0 Å². The molecule has 0 saturated heterocycles. The normalized spacial score (nSPS) is 11.7. The first-order valence-corrected chi connectivity index (χ1v) is 23.8. The van der Waals surface area contributed by atoms with Crippen LogP contribution in [0.3, 0.4) is 0 Å². The maximum Gasteiger partial charge on any atom is 0.265 e. The van der Waals surface area contributed by atoms with Crippen LogP contribution in [0.1, 0.15) is 0 Å². The van der Waals surface area contributed by atoms with Crippen LogP contribution >= 0.6 is 0 Å². The smallest absolute Gasteiger partial charge is 0.265 e. The minimum Gasteiger partial charge on any atom is -0.309 e. The lowest BCUT2D eigenvalue weighted by molar-refractivity contribution is 1.06. The second kappa shape index (κ2) is 16.2. The monoisotopic (exact) mass is 908 g/mol. The second-order valence-electron chi connectivity index (χ2n) is 17.9. The molecule has 14 rings (SSSR count). The number of benzene rings is 10. The zero-order chi connectivity index (χ0) is 47.0. The summed E-state index contributed by atoms with van der Waals surface area (Å²) >= 11 is 0. The number of hydrogen-bond donors (Lipinski definition) is 0. The van der Waals surface area contributed by atoms with Crippen molar-refractivity contribution < 1.29 is 0 Å². The molecule has 0 N–H and O–H groups in total. The Bertz CT molecular complexity index is 4410. The number of pyridine rings is 1. The summed E-state index contributed by atoms with van der Waals surface area (Å²) in [5.74, 6) is 1.86. The molecule has 0 amide bonds. The Morgan fingerprint density at radius 2 is 0.746 bits per heavy atom. The van der Waals surface area contributed by atoms with Gasteiger partial charge in [-0.3, -0.25) is 9.36 Å². The van der Waals surface area contributed by atoms with Gasteiger partial charge in [-0.25, -0.2) is 15.0 Å². The van der Waals surface area contributed by atoms with Crippen molar-refractivity contribution >= 4 is 65.3 Å². The van der Waals surface area contributed by atoms with Crippen LogP contribution in [-0.2, 0) is 0 Å². The molecule has 0 aliphatic carbocycles. The lowest BCUT2D eigenvalue weighted by Crippen LogP contribution is -2.19. The molecule has 4 aromatic heterocycles. The van der Waals surface area contributed by atoms with Crippen molar-refractivity contribution in [3.63, 3.8) is 0 Å². The Kier molecular flexibility index (Phi) is 9.22. The second-order valence-corrected chi connectivity index (χ2v) is 17.9. The highest BCUT2D eigenvalue weighted by Crippen LogP contribution is 2.41. The third kappa shape index (κ3) is 6.44. The van der Waals surface area contributed by atoms with Crippen LogP contribution in [0.15, 0.2) is 247 Å². The van der Waals surface area contributed by atoms with Crippen molar-refractivity contribution in [3.8, 4) is 62.4 Å². The van der Waals surface area contributed by atoms with Crippen LogP contribution in [-0.4, -0.2) is 28.7 Å². The van der Waals surface area contributed by atoms with Gasteiger partial charge in [0.15, 0.2) is 17.5 Å². The quantitative estimate of drug-likeness (QED) is 0.160. The number of rotatable bonds is 7. The lowest BCUT2D eigenvalue weighted by atomic mass is 10.00. The van der Waals surface area contributed by atoms with E-state index in [0.29, 0.717) is 22.9 Å². The molecule has 0 radical (unpaired) electrons. The SMILES string of the molecule is O=c1c2c3cc(-c4ccc5c(c4)c4ccccc4n5-c4ccc(-c5nc(-c6ccccc6)nc(-c6ccccc6)n5)c5ccccc45)ccc3n(-c3ccccc3)c2c2ccccc2n1-c1ccccc1. The summed E-state index contributed by atoms with van der Waals surface area (Å²) in [5, 5.41) is 6.99. The van der Waals surface area contributed by atoms with Gasteiger partial charge in [0.25, 0.3) is 5.56 Å². The third-order valence-electron chi connectivity index (χ3n) is 13.9. The molecule has 0 saturated carbocycles. The summed E-state index contributed by atoms with van der Waals surface area (Å²) < 4.78 is 6.50. The number of para-hydroxylation sites is 4. The molecule has 0 atom stereocenters. The first-order valence-electron chi connectivity index (χ1n) is 23.8. The van der Waals surface area contributed by atoms with Crippen molar-refractivity contribution in [3.05, 3.63) is 253 Å². The average molecular weight is 909 g/mol. The topological polar surface area (TPSA) is 70.5 Å². The molecule has 14 aromatic rings. The number of hydrogen-bond acceptors (Lipinski definition) is 4. The van der Waals surface area contributed by atoms with E-state index in [1.165, 1.54) is 0 Å². The number of fused-ring (bicyclic) bond motifs is 9. The molecular formula is C64H40N6O. The summed E-state index contributed by atoms with van der Waals surface area (Å²) in [6.07, 6.45) is 0. The fraction of sp³-hybridized carbons (Fsp3) is 0. The molecule has 7 heteroatoms. The molecule has 0 spiro atoms. The van der Waals surface area contributed by atoms with Gasteiger partial charge in [0, 0.05) is 55.0 Å². The summed E-state index contributed by atoms with van der Waals surface area (Å²) in [5.41, 5.74) is 12.6. The van der Waals surface area contributed by atoms with E-state index < -0.39 is 0 Å². The summed E-state index contributed by atoms with van der Waals surface area (Å²) in [6.45, 7) is 0. The van der Waals surface area contributed by atoms with Crippen molar-refractivity contribution in [1.29, 1.82) is 0 Å². The summed E-state index contributed by atoms with van der Waals surface area (Å²) in [7, 11) is 0.